The van der Waals surface area contributed by atoms with Gasteiger partial charge in [-0.15, -0.1) is 0 Å². The number of benzene rings is 1. The summed E-state index contributed by atoms with van der Waals surface area (Å²) in [4.78, 5) is 10.8. The van der Waals surface area contributed by atoms with Crippen LogP contribution in [0.1, 0.15) is 18.0 Å². The first-order valence-electron chi connectivity index (χ1n) is 5.10. The molecular weight excluding hydrogens is 208 g/mol. The summed E-state index contributed by atoms with van der Waals surface area (Å²) in [6.45, 7) is 1.08. The first-order chi connectivity index (χ1) is 7.66. The van der Waals surface area contributed by atoms with Crippen LogP contribution in [0.25, 0.3) is 0 Å². The highest BCUT2D eigenvalue weighted by atomic mass is 16.6. The lowest BCUT2D eigenvalue weighted by molar-refractivity contribution is -0.118. The Morgan fingerprint density at radius 3 is 2.69 bits per heavy atom. The predicted octanol–water partition coefficient (Wildman–Crippen LogP) is 0.333. The van der Waals surface area contributed by atoms with Gasteiger partial charge in [0.2, 0.25) is 5.91 Å². The Morgan fingerprint density at radius 1 is 1.31 bits per heavy atom. The van der Waals surface area contributed by atoms with Crippen molar-refractivity contribution in [2.75, 3.05) is 13.2 Å². The molecule has 2 rings (SSSR count). The molecule has 4 N–H and O–H groups in total. The molecule has 0 spiro atoms. The summed E-state index contributed by atoms with van der Waals surface area (Å²) in [6.07, 6.45) is 0.125. The molecule has 1 aliphatic rings. The second-order valence-electron chi connectivity index (χ2n) is 3.68. The molecule has 1 aliphatic heterocycles. The van der Waals surface area contributed by atoms with Gasteiger partial charge in [-0.2, -0.15) is 0 Å². The molecular formula is C11H14N2O3. The first-order valence-corrected chi connectivity index (χ1v) is 5.10. The Morgan fingerprint density at radius 2 is 2.00 bits per heavy atom. The number of ether oxygens (including phenoxy) is 2. The normalized spacial score (nSPS) is 15.6. The van der Waals surface area contributed by atoms with Gasteiger partial charge in [-0.3, -0.25) is 4.79 Å². The molecule has 1 heterocycles. The molecule has 0 aromatic heterocycles. The standard InChI is InChI=1S/C11H14N2O3/c12-8(6-11(13)14)7-1-2-9-10(5-7)16-4-3-15-9/h1-2,5,8H,3-4,6,12H2,(H2,13,14). The topological polar surface area (TPSA) is 87.6 Å². The van der Waals surface area contributed by atoms with Gasteiger partial charge in [-0.05, 0) is 17.7 Å². The number of primary amides is 1. The SMILES string of the molecule is NC(=O)CC(N)c1ccc2c(c1)OCCO2. The Kier molecular flexibility index (Phi) is 2.96. The van der Waals surface area contributed by atoms with E-state index in [1.54, 1.807) is 12.1 Å². The van der Waals surface area contributed by atoms with Crippen molar-refractivity contribution in [2.24, 2.45) is 11.5 Å². The molecule has 86 valence electrons. The summed E-state index contributed by atoms with van der Waals surface area (Å²) in [7, 11) is 0. The quantitative estimate of drug-likeness (QED) is 0.771. The molecule has 5 nitrogen and oxygen atoms in total. The van der Waals surface area contributed by atoms with Crippen LogP contribution in [0.4, 0.5) is 0 Å². The Hall–Kier alpha value is -1.75. The van der Waals surface area contributed by atoms with Gasteiger partial charge in [0, 0.05) is 12.5 Å². The van der Waals surface area contributed by atoms with E-state index in [4.69, 9.17) is 20.9 Å². The second-order valence-corrected chi connectivity index (χ2v) is 3.68. The number of hydrogen-bond acceptors (Lipinski definition) is 4. The van der Waals surface area contributed by atoms with E-state index in [1.807, 2.05) is 6.07 Å². The molecule has 1 aromatic carbocycles. The highest BCUT2D eigenvalue weighted by Gasteiger charge is 2.15. The Balaban J connectivity index is 2.19. The summed E-state index contributed by atoms with van der Waals surface area (Å²) in [5, 5.41) is 0. The van der Waals surface area contributed by atoms with E-state index in [0.29, 0.717) is 24.7 Å². The van der Waals surface area contributed by atoms with Gasteiger partial charge < -0.3 is 20.9 Å². The van der Waals surface area contributed by atoms with Crippen molar-refractivity contribution >= 4 is 5.91 Å². The van der Waals surface area contributed by atoms with E-state index in [0.717, 1.165) is 5.56 Å². The van der Waals surface area contributed by atoms with E-state index in [-0.39, 0.29) is 6.42 Å². The fraction of sp³-hybridized carbons (Fsp3) is 0.364. The predicted molar refractivity (Wildman–Crippen MR) is 58.2 cm³/mol. The molecule has 0 saturated carbocycles. The highest BCUT2D eigenvalue weighted by Crippen LogP contribution is 2.32. The maximum Gasteiger partial charge on any atom is 0.219 e. The summed E-state index contributed by atoms with van der Waals surface area (Å²) < 4.78 is 10.8. The van der Waals surface area contributed by atoms with Crippen LogP contribution in [0, 0.1) is 0 Å². The van der Waals surface area contributed by atoms with Gasteiger partial charge in [0.05, 0.1) is 0 Å². The monoisotopic (exact) mass is 222 g/mol. The van der Waals surface area contributed by atoms with Gasteiger partial charge in [-0.25, -0.2) is 0 Å². The van der Waals surface area contributed by atoms with Crippen LogP contribution in [0.2, 0.25) is 0 Å². The molecule has 1 aromatic rings. The molecule has 0 saturated heterocycles. The highest BCUT2D eigenvalue weighted by molar-refractivity contribution is 5.74. The van der Waals surface area contributed by atoms with Gasteiger partial charge >= 0.3 is 0 Å². The fourth-order valence-electron chi connectivity index (χ4n) is 1.63. The minimum absolute atomic E-state index is 0.125. The fourth-order valence-corrected chi connectivity index (χ4v) is 1.63. The summed E-state index contributed by atoms with van der Waals surface area (Å²) >= 11 is 0. The van der Waals surface area contributed by atoms with Gasteiger partial charge in [-0.1, -0.05) is 6.07 Å². The van der Waals surface area contributed by atoms with Crippen LogP contribution in [0.15, 0.2) is 18.2 Å². The number of amides is 1. The molecule has 16 heavy (non-hydrogen) atoms. The molecule has 1 unspecified atom stereocenters. The lowest BCUT2D eigenvalue weighted by atomic mass is 10.0. The molecule has 0 fully saturated rings. The van der Waals surface area contributed by atoms with Crippen molar-refractivity contribution in [3.05, 3.63) is 23.8 Å². The molecule has 1 amide bonds. The van der Waals surface area contributed by atoms with Gasteiger partial charge in [0.25, 0.3) is 0 Å². The molecule has 1 atom stereocenters. The minimum Gasteiger partial charge on any atom is -0.486 e. The van der Waals surface area contributed by atoms with Gasteiger partial charge in [0.1, 0.15) is 13.2 Å². The van der Waals surface area contributed by atoms with Crippen molar-refractivity contribution < 1.29 is 14.3 Å². The number of nitrogens with two attached hydrogens (primary N) is 2. The summed E-state index contributed by atoms with van der Waals surface area (Å²) in [5.41, 5.74) is 11.7. The molecule has 0 bridgehead atoms. The van der Waals surface area contributed by atoms with Crippen LogP contribution in [-0.4, -0.2) is 19.1 Å². The smallest absolute Gasteiger partial charge is 0.219 e. The largest absolute Gasteiger partial charge is 0.486 e. The molecule has 0 radical (unpaired) electrons. The van der Waals surface area contributed by atoms with Crippen molar-refractivity contribution in [3.63, 3.8) is 0 Å². The van der Waals surface area contributed by atoms with E-state index in [2.05, 4.69) is 0 Å². The number of rotatable bonds is 3. The maximum absolute atomic E-state index is 10.8. The Bertz CT molecular complexity index is 406. The number of carbonyl (C=O) groups excluding carboxylic acids is 1. The zero-order valence-corrected chi connectivity index (χ0v) is 8.81. The van der Waals surface area contributed by atoms with Gasteiger partial charge in [0.15, 0.2) is 11.5 Å². The van der Waals surface area contributed by atoms with E-state index in [1.165, 1.54) is 0 Å². The van der Waals surface area contributed by atoms with Crippen LogP contribution < -0.4 is 20.9 Å². The van der Waals surface area contributed by atoms with Crippen molar-refractivity contribution in [1.82, 2.24) is 0 Å². The van der Waals surface area contributed by atoms with Crippen molar-refractivity contribution in [1.29, 1.82) is 0 Å². The third-order valence-corrected chi connectivity index (χ3v) is 2.42. The third kappa shape index (κ3) is 2.25. The van der Waals surface area contributed by atoms with Crippen LogP contribution in [0.5, 0.6) is 11.5 Å². The van der Waals surface area contributed by atoms with E-state index >= 15 is 0 Å². The second kappa shape index (κ2) is 4.40. The lowest BCUT2D eigenvalue weighted by Crippen LogP contribution is -2.21. The van der Waals surface area contributed by atoms with Crippen molar-refractivity contribution in [3.8, 4) is 11.5 Å². The maximum atomic E-state index is 10.8. The summed E-state index contributed by atoms with van der Waals surface area (Å²) in [5.74, 6) is 0.965. The number of fused-ring (bicyclic) bond motifs is 1. The minimum atomic E-state index is -0.414. The van der Waals surface area contributed by atoms with Crippen LogP contribution in [-0.2, 0) is 4.79 Å². The van der Waals surface area contributed by atoms with Crippen LogP contribution in [0.3, 0.4) is 0 Å². The van der Waals surface area contributed by atoms with E-state index in [9.17, 15) is 4.79 Å². The summed E-state index contributed by atoms with van der Waals surface area (Å²) in [6, 6.07) is 5.02. The average Bonchev–Trinajstić information content (AvgIpc) is 2.27. The average molecular weight is 222 g/mol. The lowest BCUT2D eigenvalue weighted by Gasteiger charge is -2.20. The number of hydrogen-bond donors (Lipinski definition) is 2. The van der Waals surface area contributed by atoms with E-state index < -0.39 is 11.9 Å². The molecule has 5 heteroatoms. The Labute approximate surface area is 93.3 Å². The first kappa shape index (κ1) is 10.8. The zero-order valence-electron chi connectivity index (χ0n) is 8.81. The van der Waals surface area contributed by atoms with Crippen molar-refractivity contribution in [2.45, 2.75) is 12.5 Å². The zero-order chi connectivity index (χ0) is 11.5. The molecule has 0 aliphatic carbocycles. The van der Waals surface area contributed by atoms with Crippen LogP contribution >= 0.6 is 0 Å². The number of carbonyl (C=O) groups is 1. The third-order valence-electron chi connectivity index (χ3n) is 2.42.